The zero-order valence-corrected chi connectivity index (χ0v) is 39.0. The normalized spacial score (nSPS) is 19.7. The Morgan fingerprint density at radius 1 is 0.703 bits per heavy atom. The maximum absolute atomic E-state index is 13.4. The lowest BCUT2D eigenvalue weighted by Crippen LogP contribution is -2.41. The van der Waals surface area contributed by atoms with Crippen molar-refractivity contribution in [3.05, 3.63) is 70.0 Å². The lowest BCUT2D eigenvalue weighted by molar-refractivity contribution is -0.121. The molecule has 2 aliphatic heterocycles. The third kappa shape index (κ3) is 9.93. The maximum Gasteiger partial charge on any atom is 0.335 e. The molecule has 4 heterocycles. The molecule has 0 saturated carbocycles. The van der Waals surface area contributed by atoms with Crippen molar-refractivity contribution < 1.29 is 50.9 Å². The van der Waals surface area contributed by atoms with E-state index in [1.807, 2.05) is 13.0 Å². The van der Waals surface area contributed by atoms with Crippen molar-refractivity contribution in [2.45, 2.75) is 91.4 Å². The van der Waals surface area contributed by atoms with Crippen LogP contribution in [-0.2, 0) is 60.0 Å². The summed E-state index contributed by atoms with van der Waals surface area (Å²) in [5, 5.41) is 22.6. The van der Waals surface area contributed by atoms with Gasteiger partial charge in [-0.3, -0.25) is 9.59 Å². The number of aromatic nitrogens is 2. The first kappa shape index (κ1) is 47.7. The van der Waals surface area contributed by atoms with Crippen LogP contribution in [0.5, 0.6) is 0 Å². The van der Waals surface area contributed by atoms with Gasteiger partial charge in [-0.15, -0.1) is 0 Å². The van der Waals surface area contributed by atoms with E-state index >= 15 is 0 Å². The SMILES string of the molecule is CCN(CC(=O)NCCCO)C(=O)c1ccc2c(c1)c1c(n2S(=O)(=O)CC)CCC(C2CCOCC2)C1.CCS(=O)(=O)n1c2c(c3cc(C(=O)O)ccc31)CC(C1CCOCC1)CC2. The first-order valence-corrected chi connectivity index (χ1v) is 26.3. The third-order valence-electron chi connectivity index (χ3n) is 14.0. The van der Waals surface area contributed by atoms with Gasteiger partial charge >= 0.3 is 5.97 Å². The fourth-order valence-electron chi connectivity index (χ4n) is 10.5. The maximum atomic E-state index is 13.4. The average molecular weight is 925 g/mol. The fraction of sp³-hybridized carbons (Fsp3) is 0.596. The molecular weight excluding hydrogens is 861 g/mol. The number of ether oxygens (including phenoxy) is 2. The third-order valence-corrected chi connectivity index (χ3v) is 17.4. The number of rotatable bonds is 14. The van der Waals surface area contributed by atoms with Gasteiger partial charge in [-0.2, -0.15) is 0 Å². The van der Waals surface area contributed by atoms with E-state index in [2.05, 4.69) is 5.32 Å². The second-order valence-corrected chi connectivity index (χ2v) is 21.8. The van der Waals surface area contributed by atoms with Gasteiger partial charge in [0.2, 0.25) is 26.0 Å². The topological polar surface area (TPSA) is 204 Å². The molecule has 2 saturated heterocycles. The summed E-state index contributed by atoms with van der Waals surface area (Å²) in [6.07, 6.45) is 9.56. The number of aliphatic hydroxyl groups is 1. The van der Waals surface area contributed by atoms with E-state index in [-0.39, 0.29) is 42.0 Å². The predicted octanol–water partition coefficient (Wildman–Crippen LogP) is 5.40. The van der Waals surface area contributed by atoms with Crippen LogP contribution in [0.25, 0.3) is 21.8 Å². The monoisotopic (exact) mass is 924 g/mol. The van der Waals surface area contributed by atoms with E-state index in [0.29, 0.717) is 72.6 Å². The number of nitrogens with zero attached hydrogens (tertiary/aromatic N) is 3. The number of fused-ring (bicyclic) bond motifs is 6. The lowest BCUT2D eigenvalue weighted by Gasteiger charge is -2.33. The zero-order valence-electron chi connectivity index (χ0n) is 37.3. The minimum Gasteiger partial charge on any atom is -0.478 e. The molecule has 15 nitrogen and oxygen atoms in total. The Bertz CT molecular complexity index is 2570. The van der Waals surface area contributed by atoms with E-state index in [4.69, 9.17) is 14.6 Å². The number of aliphatic hydroxyl groups excluding tert-OH is 1. The first-order chi connectivity index (χ1) is 30.7. The molecule has 2 aromatic carbocycles. The van der Waals surface area contributed by atoms with Crippen molar-refractivity contribution in [3.63, 3.8) is 0 Å². The van der Waals surface area contributed by atoms with Gasteiger partial charge in [-0.1, -0.05) is 0 Å². The summed E-state index contributed by atoms with van der Waals surface area (Å²) in [5.74, 6) is 0.611. The van der Waals surface area contributed by atoms with Gasteiger partial charge in [0.25, 0.3) is 5.91 Å². The second-order valence-electron chi connectivity index (χ2n) is 17.6. The number of aromatic carboxylic acids is 1. The number of carbonyl (C=O) groups excluding carboxylic acids is 2. The van der Waals surface area contributed by atoms with Crippen LogP contribution >= 0.6 is 0 Å². The number of likely N-dealkylation sites (N-methyl/N-ethyl adjacent to an activating group) is 1. The summed E-state index contributed by atoms with van der Waals surface area (Å²) in [7, 11) is -6.96. The Labute approximate surface area is 376 Å². The van der Waals surface area contributed by atoms with Crippen molar-refractivity contribution in [2.75, 3.05) is 64.2 Å². The van der Waals surface area contributed by atoms with E-state index in [0.717, 1.165) is 111 Å². The molecule has 2 fully saturated rings. The molecule has 0 radical (unpaired) electrons. The Balaban J connectivity index is 0.000000201. The number of carbonyl (C=O) groups is 3. The summed E-state index contributed by atoms with van der Waals surface area (Å²) in [6.45, 7) is 8.90. The first-order valence-electron chi connectivity index (χ1n) is 23.1. The molecule has 3 N–H and O–H groups in total. The summed E-state index contributed by atoms with van der Waals surface area (Å²) in [4.78, 5) is 38.6. The number of nitrogens with one attached hydrogen (secondary N) is 1. The van der Waals surface area contributed by atoms with Crippen LogP contribution in [0.1, 0.15) is 109 Å². The lowest BCUT2D eigenvalue weighted by atomic mass is 9.75. The molecule has 2 unspecified atom stereocenters. The van der Waals surface area contributed by atoms with E-state index in [1.54, 1.807) is 38.1 Å². The predicted molar refractivity (Wildman–Crippen MR) is 245 cm³/mol. The number of hydrogen-bond donors (Lipinski definition) is 3. The van der Waals surface area contributed by atoms with Crippen LogP contribution in [0.2, 0.25) is 0 Å². The van der Waals surface area contributed by atoms with Crippen molar-refractivity contribution in [2.24, 2.45) is 23.7 Å². The Hall–Kier alpha value is -4.29. The number of amides is 2. The molecule has 2 aliphatic carbocycles. The molecule has 4 aromatic rings. The molecule has 8 rings (SSSR count). The molecule has 2 aromatic heterocycles. The molecule has 4 aliphatic rings. The molecule has 64 heavy (non-hydrogen) atoms. The summed E-state index contributed by atoms with van der Waals surface area (Å²) < 4.78 is 65.9. The van der Waals surface area contributed by atoms with Crippen LogP contribution in [-0.4, -0.2) is 122 Å². The van der Waals surface area contributed by atoms with Gasteiger partial charge in [0.05, 0.1) is 34.6 Å². The second kappa shape index (κ2) is 20.5. The molecule has 350 valence electrons. The number of hydrogen-bond acceptors (Lipinski definition) is 10. The molecule has 2 atom stereocenters. The van der Waals surface area contributed by atoms with Gasteiger partial charge in [0, 0.05) is 73.8 Å². The van der Waals surface area contributed by atoms with E-state index in [1.165, 1.54) is 18.9 Å². The molecular formula is C47H64N4O11S2. The quantitative estimate of drug-likeness (QED) is 0.137. The number of carboxylic acid groups (broad SMARTS) is 1. The van der Waals surface area contributed by atoms with Crippen LogP contribution in [0.3, 0.4) is 0 Å². The molecule has 2 amide bonds. The van der Waals surface area contributed by atoms with Crippen molar-refractivity contribution in [1.82, 2.24) is 18.2 Å². The molecule has 0 spiro atoms. The van der Waals surface area contributed by atoms with Gasteiger partial charge in [0.1, 0.15) is 0 Å². The smallest absolute Gasteiger partial charge is 0.335 e. The van der Waals surface area contributed by atoms with E-state index < -0.39 is 26.0 Å². The summed E-state index contributed by atoms with van der Waals surface area (Å²) in [6, 6.07) is 10.0. The molecule has 0 bridgehead atoms. The van der Waals surface area contributed by atoms with Crippen LogP contribution in [0.4, 0.5) is 0 Å². The van der Waals surface area contributed by atoms with Gasteiger partial charge in [-0.25, -0.2) is 29.6 Å². The Kier molecular flexibility index (Phi) is 15.3. The Morgan fingerprint density at radius 3 is 1.61 bits per heavy atom. The van der Waals surface area contributed by atoms with Gasteiger partial charge in [-0.05, 0) is 163 Å². The average Bonchev–Trinajstić information content (AvgIpc) is 3.83. The summed E-state index contributed by atoms with van der Waals surface area (Å²) >= 11 is 0. The zero-order chi connectivity index (χ0) is 45.8. The van der Waals surface area contributed by atoms with Gasteiger partial charge in [0.15, 0.2) is 0 Å². The minimum absolute atomic E-state index is 0.00228. The highest BCUT2D eigenvalue weighted by molar-refractivity contribution is 7.90. The molecule has 17 heteroatoms. The minimum atomic E-state index is -3.52. The highest BCUT2D eigenvalue weighted by Gasteiger charge is 2.36. The highest BCUT2D eigenvalue weighted by atomic mass is 32.2. The highest BCUT2D eigenvalue weighted by Crippen LogP contribution is 2.42. The number of benzene rings is 2. The van der Waals surface area contributed by atoms with Crippen molar-refractivity contribution in [3.8, 4) is 0 Å². The largest absolute Gasteiger partial charge is 0.478 e. The Morgan fingerprint density at radius 2 is 1.17 bits per heavy atom. The number of carboxylic acids is 1. The van der Waals surface area contributed by atoms with Crippen molar-refractivity contribution >= 4 is 59.6 Å². The van der Waals surface area contributed by atoms with Crippen LogP contribution in [0.15, 0.2) is 36.4 Å². The van der Waals surface area contributed by atoms with Crippen molar-refractivity contribution in [1.29, 1.82) is 0 Å². The van der Waals surface area contributed by atoms with E-state index in [9.17, 15) is 36.3 Å². The fourth-order valence-corrected chi connectivity index (χ4v) is 13.0. The van der Waals surface area contributed by atoms with Crippen LogP contribution < -0.4 is 5.32 Å². The van der Waals surface area contributed by atoms with Gasteiger partial charge < -0.3 is 29.9 Å². The van der Waals surface area contributed by atoms with Crippen LogP contribution in [0, 0.1) is 23.7 Å². The summed E-state index contributed by atoms with van der Waals surface area (Å²) in [5.41, 5.74) is 5.63. The standard InChI is InChI=1S/C27H39N3O6S.C20H25NO5S/c1-3-29(18-26(32)28-12-5-13-31)27(33)21-7-9-25-23(17-21)22-16-20(19-10-14-36-15-11-19)6-8-24(22)30(25)37(34,35)4-2;1-2-27(24,25)21-18-5-3-14(13-7-9-26-10-8-13)11-16(18)17-12-15(20(22)23)4-6-19(17)21/h7,9,17,19-20,31H,3-6,8,10-16,18H2,1-2H3,(H,28,32);4,6,12-14H,2-3,5,7-11H2,1H3,(H,22,23).